The molecule has 0 fully saturated rings. The molecule has 0 bridgehead atoms. The monoisotopic (exact) mass is 456 g/mol. The van der Waals surface area contributed by atoms with E-state index in [0.717, 1.165) is 64.2 Å². The molecule has 6 heteroatoms. The first-order valence-electron chi connectivity index (χ1n) is 12.5. The summed E-state index contributed by atoms with van der Waals surface area (Å²) in [7, 11) is -4.16. The molecule has 0 aromatic carbocycles. The Morgan fingerprint density at radius 2 is 0.967 bits per heavy atom. The molecule has 4 nitrogen and oxygen atoms in total. The minimum Gasteiger partial charge on any atom is -0.748 e. The van der Waals surface area contributed by atoms with Gasteiger partial charge in [0.2, 0.25) is 0 Å². The zero-order valence-corrected chi connectivity index (χ0v) is 23.2. The second-order valence-electron chi connectivity index (χ2n) is 8.87. The van der Waals surface area contributed by atoms with Crippen molar-refractivity contribution in [2.45, 2.75) is 154 Å². The zero-order valence-electron chi connectivity index (χ0n) is 20.4. The standard InChI is InChI=1S/C24H50O4S.Na/c1-3-5-6-7-10-14-17-21-24(29(26,27)28)22-18-15-12-9-8-11-13-16-20-23(25)19-4-2;/h23-25H,3-22H2,1-2H3,(H,26,27,28);/q;+1/p-1. The Labute approximate surface area is 210 Å². The average Bonchev–Trinajstić information content (AvgIpc) is 2.66. The van der Waals surface area contributed by atoms with E-state index in [1.54, 1.807) is 0 Å². The Bertz CT molecular complexity index is 442. The van der Waals surface area contributed by atoms with E-state index >= 15 is 0 Å². The van der Waals surface area contributed by atoms with E-state index in [9.17, 15) is 18.1 Å². The summed E-state index contributed by atoms with van der Waals surface area (Å²) in [5.41, 5.74) is 0. The van der Waals surface area contributed by atoms with Gasteiger partial charge in [-0.15, -0.1) is 0 Å². The van der Waals surface area contributed by atoms with Crippen molar-refractivity contribution in [1.29, 1.82) is 0 Å². The molecule has 30 heavy (non-hydrogen) atoms. The number of unbranched alkanes of at least 4 members (excludes halogenated alkanes) is 13. The Morgan fingerprint density at radius 1 is 0.600 bits per heavy atom. The van der Waals surface area contributed by atoms with Gasteiger partial charge < -0.3 is 9.66 Å². The molecular weight excluding hydrogens is 407 g/mol. The topological polar surface area (TPSA) is 77.4 Å². The molecule has 0 aromatic heterocycles. The molecule has 0 aliphatic rings. The van der Waals surface area contributed by atoms with Gasteiger partial charge in [0.25, 0.3) is 0 Å². The maximum absolute atomic E-state index is 11.5. The normalized spacial score (nSPS) is 13.7. The van der Waals surface area contributed by atoms with Gasteiger partial charge in [-0.3, -0.25) is 0 Å². The van der Waals surface area contributed by atoms with Crippen LogP contribution in [0.15, 0.2) is 0 Å². The molecule has 0 saturated carbocycles. The number of hydrogen-bond donors (Lipinski definition) is 1. The van der Waals surface area contributed by atoms with Crippen LogP contribution in [0.4, 0.5) is 0 Å². The summed E-state index contributed by atoms with van der Waals surface area (Å²) in [6.45, 7) is 4.30. The Morgan fingerprint density at radius 3 is 1.33 bits per heavy atom. The third-order valence-electron chi connectivity index (χ3n) is 5.97. The summed E-state index contributed by atoms with van der Waals surface area (Å²) < 4.78 is 34.6. The molecule has 2 unspecified atom stereocenters. The second-order valence-corrected chi connectivity index (χ2v) is 10.5. The summed E-state index contributed by atoms with van der Waals surface area (Å²) in [6.07, 6.45) is 20.9. The van der Waals surface area contributed by atoms with Gasteiger partial charge in [0.05, 0.1) is 16.2 Å². The van der Waals surface area contributed by atoms with Crippen LogP contribution in [0.2, 0.25) is 0 Å². The third-order valence-corrected chi connectivity index (χ3v) is 7.26. The van der Waals surface area contributed by atoms with Crippen LogP contribution in [0.5, 0.6) is 0 Å². The van der Waals surface area contributed by atoms with Crippen molar-refractivity contribution in [2.75, 3.05) is 0 Å². The summed E-state index contributed by atoms with van der Waals surface area (Å²) in [6, 6.07) is 0. The fraction of sp³-hybridized carbons (Fsp3) is 1.00. The van der Waals surface area contributed by atoms with Crippen molar-refractivity contribution in [3.05, 3.63) is 0 Å². The van der Waals surface area contributed by atoms with E-state index in [-0.39, 0.29) is 35.7 Å². The molecule has 2 atom stereocenters. The van der Waals surface area contributed by atoms with E-state index in [0.29, 0.717) is 12.8 Å². The second kappa shape index (κ2) is 23.0. The molecule has 176 valence electrons. The Kier molecular flexibility index (Phi) is 25.4. The molecular formula is C24H49NaO4S. The van der Waals surface area contributed by atoms with Gasteiger partial charge in [0.1, 0.15) is 0 Å². The SMILES string of the molecule is CCCCCCCCCC(CCCCCCCCCCC(O)CCC)S(=O)(=O)[O-].[Na+]. The van der Waals surface area contributed by atoms with Crippen molar-refractivity contribution in [2.24, 2.45) is 0 Å². The number of aliphatic hydroxyl groups excluding tert-OH is 1. The van der Waals surface area contributed by atoms with E-state index < -0.39 is 15.4 Å². The number of aliphatic hydroxyl groups is 1. The summed E-state index contributed by atoms with van der Waals surface area (Å²) in [5.74, 6) is 0. The summed E-state index contributed by atoms with van der Waals surface area (Å²) in [5, 5.41) is 9.02. The molecule has 0 rings (SSSR count). The molecule has 0 spiro atoms. The Balaban J connectivity index is 0. The number of hydrogen-bond acceptors (Lipinski definition) is 4. The van der Waals surface area contributed by atoms with E-state index in [1.165, 1.54) is 51.4 Å². The summed E-state index contributed by atoms with van der Waals surface area (Å²) in [4.78, 5) is 0. The van der Waals surface area contributed by atoms with E-state index in [1.807, 2.05) is 0 Å². The van der Waals surface area contributed by atoms with E-state index in [2.05, 4.69) is 13.8 Å². The first kappa shape index (κ1) is 33.0. The zero-order chi connectivity index (χ0) is 21.8. The van der Waals surface area contributed by atoms with Gasteiger partial charge in [-0.25, -0.2) is 8.42 Å². The van der Waals surface area contributed by atoms with Crippen molar-refractivity contribution < 1.29 is 47.6 Å². The van der Waals surface area contributed by atoms with Gasteiger partial charge >= 0.3 is 29.6 Å². The summed E-state index contributed by atoms with van der Waals surface area (Å²) >= 11 is 0. The van der Waals surface area contributed by atoms with Crippen molar-refractivity contribution in [1.82, 2.24) is 0 Å². The van der Waals surface area contributed by atoms with Gasteiger partial charge in [-0.1, -0.05) is 117 Å². The predicted octanol–water partition coefficient (Wildman–Crippen LogP) is 4.11. The third kappa shape index (κ3) is 22.1. The molecule has 1 N–H and O–H groups in total. The fourth-order valence-electron chi connectivity index (χ4n) is 4.05. The molecule has 0 radical (unpaired) electrons. The van der Waals surface area contributed by atoms with E-state index in [4.69, 9.17) is 0 Å². The molecule has 0 amide bonds. The van der Waals surface area contributed by atoms with Crippen LogP contribution in [0.1, 0.15) is 142 Å². The first-order valence-corrected chi connectivity index (χ1v) is 14.0. The van der Waals surface area contributed by atoms with Crippen molar-refractivity contribution in [3.8, 4) is 0 Å². The largest absolute Gasteiger partial charge is 1.00 e. The number of rotatable bonds is 22. The minimum atomic E-state index is -4.16. The van der Waals surface area contributed by atoms with Crippen LogP contribution in [-0.4, -0.2) is 29.4 Å². The predicted molar refractivity (Wildman–Crippen MR) is 123 cm³/mol. The Hall–Kier alpha value is 0.870. The van der Waals surface area contributed by atoms with Gasteiger partial charge in [0, 0.05) is 5.25 Å². The minimum absolute atomic E-state index is 0. The molecule has 0 aliphatic heterocycles. The molecule has 0 aromatic rings. The quantitative estimate of drug-likeness (QED) is 0.151. The van der Waals surface area contributed by atoms with Gasteiger partial charge in [-0.2, -0.15) is 0 Å². The maximum atomic E-state index is 11.5. The van der Waals surface area contributed by atoms with Crippen LogP contribution < -0.4 is 29.6 Å². The van der Waals surface area contributed by atoms with Crippen LogP contribution in [0.25, 0.3) is 0 Å². The van der Waals surface area contributed by atoms with Crippen molar-refractivity contribution in [3.63, 3.8) is 0 Å². The van der Waals surface area contributed by atoms with Gasteiger partial charge in [0.15, 0.2) is 0 Å². The molecule has 0 saturated heterocycles. The van der Waals surface area contributed by atoms with Gasteiger partial charge in [-0.05, 0) is 25.7 Å². The molecule has 0 aliphatic carbocycles. The first-order chi connectivity index (χ1) is 13.9. The molecule has 0 heterocycles. The fourth-order valence-corrected chi connectivity index (χ4v) is 4.96. The van der Waals surface area contributed by atoms with Crippen LogP contribution >= 0.6 is 0 Å². The average molecular weight is 457 g/mol. The van der Waals surface area contributed by atoms with Crippen LogP contribution in [0, 0.1) is 0 Å². The van der Waals surface area contributed by atoms with Crippen LogP contribution in [0.3, 0.4) is 0 Å². The maximum Gasteiger partial charge on any atom is 1.00 e. The smallest absolute Gasteiger partial charge is 0.748 e. The van der Waals surface area contributed by atoms with Crippen LogP contribution in [-0.2, 0) is 10.1 Å². The van der Waals surface area contributed by atoms with Crippen molar-refractivity contribution >= 4 is 10.1 Å².